The number of esters is 1. The van der Waals surface area contributed by atoms with Crippen molar-refractivity contribution < 1.29 is 24.2 Å². The summed E-state index contributed by atoms with van der Waals surface area (Å²) in [5, 5.41) is 8.45. The highest BCUT2D eigenvalue weighted by atomic mass is 16.5. The van der Waals surface area contributed by atoms with Crippen molar-refractivity contribution >= 4 is 17.7 Å². The smallest absolute Gasteiger partial charge is 0.374 e. The summed E-state index contributed by atoms with van der Waals surface area (Å²) in [6, 6.07) is 0. The van der Waals surface area contributed by atoms with Crippen molar-refractivity contribution in [2.75, 3.05) is 6.61 Å². The number of rotatable bonds is 5. The highest BCUT2D eigenvalue weighted by molar-refractivity contribution is 6.32. The predicted octanol–water partition coefficient (Wildman–Crippen LogP) is 0.229. The van der Waals surface area contributed by atoms with Crippen LogP contribution in [0, 0.1) is 5.92 Å². The van der Waals surface area contributed by atoms with Crippen LogP contribution in [0.15, 0.2) is 0 Å². The fourth-order valence-electron chi connectivity index (χ4n) is 0.554. The van der Waals surface area contributed by atoms with Gasteiger partial charge in [-0.1, -0.05) is 6.92 Å². The molecule has 0 heterocycles. The fraction of sp³-hybridized carbons (Fsp3) is 0.625. The van der Waals surface area contributed by atoms with Crippen molar-refractivity contribution in [3.8, 4) is 0 Å². The van der Waals surface area contributed by atoms with Gasteiger partial charge in [-0.05, 0) is 6.42 Å². The van der Waals surface area contributed by atoms with E-state index in [-0.39, 0.29) is 13.0 Å². The topological polar surface area (TPSA) is 80.7 Å². The SMILES string of the molecule is CC(=O)C(=O)OCCC(C)C(=O)O. The largest absolute Gasteiger partial charge is 0.481 e. The number of ether oxygens (including phenoxy) is 1. The molecule has 1 atom stereocenters. The summed E-state index contributed by atoms with van der Waals surface area (Å²) in [5.41, 5.74) is 0. The lowest BCUT2D eigenvalue weighted by Crippen LogP contribution is -2.18. The molecule has 5 heteroatoms. The van der Waals surface area contributed by atoms with Gasteiger partial charge in [0.2, 0.25) is 5.78 Å². The van der Waals surface area contributed by atoms with Crippen LogP contribution >= 0.6 is 0 Å². The molecule has 1 N–H and O–H groups in total. The summed E-state index contributed by atoms with van der Waals surface area (Å²) in [6.07, 6.45) is 0.217. The van der Waals surface area contributed by atoms with Gasteiger partial charge in [0.15, 0.2) is 0 Å². The molecule has 5 nitrogen and oxygen atoms in total. The van der Waals surface area contributed by atoms with Crippen molar-refractivity contribution in [2.45, 2.75) is 20.3 Å². The Hall–Kier alpha value is -1.39. The Morgan fingerprint density at radius 3 is 2.31 bits per heavy atom. The van der Waals surface area contributed by atoms with Crippen molar-refractivity contribution in [1.29, 1.82) is 0 Å². The van der Waals surface area contributed by atoms with Crippen LogP contribution < -0.4 is 0 Å². The Morgan fingerprint density at radius 2 is 1.92 bits per heavy atom. The zero-order valence-corrected chi connectivity index (χ0v) is 7.57. The number of carbonyl (C=O) groups excluding carboxylic acids is 2. The van der Waals surface area contributed by atoms with E-state index in [2.05, 4.69) is 4.74 Å². The summed E-state index contributed by atoms with van der Waals surface area (Å²) in [4.78, 5) is 31.2. The third-order valence-corrected chi connectivity index (χ3v) is 1.49. The van der Waals surface area contributed by atoms with E-state index in [1.807, 2.05) is 0 Å². The summed E-state index contributed by atoms with van der Waals surface area (Å²) in [6.45, 7) is 2.57. The average molecular weight is 188 g/mol. The molecule has 13 heavy (non-hydrogen) atoms. The molecule has 0 aromatic carbocycles. The maximum absolute atomic E-state index is 10.6. The summed E-state index contributed by atoms with van der Waals surface area (Å²) in [7, 11) is 0. The van der Waals surface area contributed by atoms with Crippen LogP contribution in [0.4, 0.5) is 0 Å². The maximum Gasteiger partial charge on any atom is 0.374 e. The Balaban J connectivity index is 3.62. The number of Topliss-reactive ketones (excluding diaryl/α,β-unsaturated/α-hetero) is 1. The summed E-state index contributed by atoms with van der Waals surface area (Å²) < 4.78 is 4.47. The molecule has 0 rings (SSSR count). The number of hydrogen-bond acceptors (Lipinski definition) is 4. The third kappa shape index (κ3) is 4.95. The van der Waals surface area contributed by atoms with Gasteiger partial charge in [0.05, 0.1) is 12.5 Å². The second kappa shape index (κ2) is 5.29. The molecule has 0 aliphatic rings. The molecule has 0 fully saturated rings. The van der Waals surface area contributed by atoms with E-state index in [1.54, 1.807) is 0 Å². The Labute approximate surface area is 75.7 Å². The van der Waals surface area contributed by atoms with E-state index in [1.165, 1.54) is 6.92 Å². The van der Waals surface area contributed by atoms with Crippen LogP contribution in [0.3, 0.4) is 0 Å². The van der Waals surface area contributed by atoms with E-state index in [0.717, 1.165) is 6.92 Å². The molecule has 0 amide bonds. The lowest BCUT2D eigenvalue weighted by atomic mass is 10.1. The predicted molar refractivity (Wildman–Crippen MR) is 43.1 cm³/mol. The molecule has 0 saturated heterocycles. The average Bonchev–Trinajstić information content (AvgIpc) is 2.03. The highest BCUT2D eigenvalue weighted by Gasteiger charge is 2.13. The van der Waals surface area contributed by atoms with Crippen LogP contribution in [-0.4, -0.2) is 29.4 Å². The van der Waals surface area contributed by atoms with Gasteiger partial charge in [-0.2, -0.15) is 0 Å². The van der Waals surface area contributed by atoms with Gasteiger partial charge >= 0.3 is 11.9 Å². The number of ketones is 1. The minimum Gasteiger partial charge on any atom is -0.481 e. The van der Waals surface area contributed by atoms with E-state index in [4.69, 9.17) is 5.11 Å². The second-order valence-electron chi connectivity index (χ2n) is 2.72. The maximum atomic E-state index is 10.6. The zero-order valence-electron chi connectivity index (χ0n) is 7.57. The molecule has 0 aromatic rings. The van der Waals surface area contributed by atoms with Crippen LogP contribution in [0.1, 0.15) is 20.3 Å². The quantitative estimate of drug-likeness (QED) is 0.493. The molecule has 0 radical (unpaired) electrons. The Morgan fingerprint density at radius 1 is 1.38 bits per heavy atom. The summed E-state index contributed by atoms with van der Waals surface area (Å²) >= 11 is 0. The van der Waals surface area contributed by atoms with Crippen LogP contribution in [0.5, 0.6) is 0 Å². The second-order valence-corrected chi connectivity index (χ2v) is 2.72. The number of carboxylic acids is 1. The van der Waals surface area contributed by atoms with Gasteiger partial charge in [0, 0.05) is 6.92 Å². The number of aliphatic carboxylic acids is 1. The van der Waals surface area contributed by atoms with Crippen molar-refractivity contribution in [2.24, 2.45) is 5.92 Å². The van der Waals surface area contributed by atoms with Crippen molar-refractivity contribution in [3.05, 3.63) is 0 Å². The Kier molecular flexibility index (Phi) is 4.72. The van der Waals surface area contributed by atoms with Gasteiger partial charge in [-0.15, -0.1) is 0 Å². The number of carboxylic acid groups (broad SMARTS) is 1. The molecule has 1 unspecified atom stereocenters. The normalized spacial score (nSPS) is 11.8. The zero-order chi connectivity index (χ0) is 10.4. The van der Waals surface area contributed by atoms with Crippen LogP contribution in [-0.2, 0) is 19.1 Å². The van der Waals surface area contributed by atoms with Crippen LogP contribution in [0.2, 0.25) is 0 Å². The number of carbonyl (C=O) groups is 3. The van der Waals surface area contributed by atoms with Gasteiger partial charge < -0.3 is 9.84 Å². The molecular weight excluding hydrogens is 176 g/mol. The van der Waals surface area contributed by atoms with Crippen LogP contribution in [0.25, 0.3) is 0 Å². The molecule has 0 spiro atoms. The minimum atomic E-state index is -0.945. The fourth-order valence-corrected chi connectivity index (χ4v) is 0.554. The monoisotopic (exact) mass is 188 g/mol. The first-order valence-electron chi connectivity index (χ1n) is 3.85. The molecule has 0 saturated carbocycles. The molecule has 0 aliphatic carbocycles. The van der Waals surface area contributed by atoms with E-state index in [0.29, 0.717) is 0 Å². The first-order chi connectivity index (χ1) is 5.95. The lowest BCUT2D eigenvalue weighted by molar-refractivity contribution is -0.154. The molecule has 0 aromatic heterocycles. The van der Waals surface area contributed by atoms with Gasteiger partial charge in [-0.25, -0.2) is 4.79 Å². The lowest BCUT2D eigenvalue weighted by Gasteiger charge is -2.05. The van der Waals surface area contributed by atoms with E-state index in [9.17, 15) is 14.4 Å². The third-order valence-electron chi connectivity index (χ3n) is 1.49. The Bertz CT molecular complexity index is 221. The number of hydrogen-bond donors (Lipinski definition) is 1. The minimum absolute atomic E-state index is 0.0358. The van der Waals surface area contributed by atoms with Gasteiger partial charge in [-0.3, -0.25) is 9.59 Å². The first kappa shape index (κ1) is 11.6. The molecular formula is C8H12O5. The van der Waals surface area contributed by atoms with Crippen molar-refractivity contribution in [3.63, 3.8) is 0 Å². The standard InChI is InChI=1S/C8H12O5/c1-5(7(10)11)3-4-13-8(12)6(2)9/h5H,3-4H2,1-2H3,(H,10,11). The highest BCUT2D eigenvalue weighted by Crippen LogP contribution is 2.01. The molecule has 0 aliphatic heterocycles. The van der Waals surface area contributed by atoms with Gasteiger partial charge in [0.25, 0.3) is 0 Å². The first-order valence-corrected chi connectivity index (χ1v) is 3.85. The van der Waals surface area contributed by atoms with Gasteiger partial charge in [0.1, 0.15) is 0 Å². The van der Waals surface area contributed by atoms with Crippen molar-refractivity contribution in [1.82, 2.24) is 0 Å². The molecule has 0 bridgehead atoms. The summed E-state index contributed by atoms with van der Waals surface area (Å²) in [5.74, 6) is -3.11. The molecule has 74 valence electrons. The van der Waals surface area contributed by atoms with E-state index < -0.39 is 23.6 Å². The van der Waals surface area contributed by atoms with E-state index >= 15 is 0 Å².